The molecule has 0 aromatic heterocycles. The van der Waals surface area contributed by atoms with Crippen molar-refractivity contribution in [3.63, 3.8) is 0 Å². The molecular formula is C35H39N3O4. The second kappa shape index (κ2) is 11.9. The maximum absolute atomic E-state index is 13.1. The van der Waals surface area contributed by atoms with Crippen molar-refractivity contribution in [2.75, 3.05) is 38.1 Å². The van der Waals surface area contributed by atoms with Gasteiger partial charge < -0.3 is 14.4 Å². The van der Waals surface area contributed by atoms with Crippen molar-refractivity contribution in [3.05, 3.63) is 88.0 Å². The van der Waals surface area contributed by atoms with Crippen molar-refractivity contribution in [2.45, 2.75) is 52.7 Å². The number of terminal acetylenes is 1. The lowest BCUT2D eigenvalue weighted by molar-refractivity contribution is 0.0635. The summed E-state index contributed by atoms with van der Waals surface area (Å²) in [4.78, 5) is 29.6. The standard InChI is InChI=1S/C35H39N3O4/c1-7-26-23(2)25(20-32(24(26)3)36-33(39)42-35(4,5)6)21-37-16-18-38(19-17-37)34(40)41-22-31-29-14-10-8-12-27(29)28-13-9-11-15-30(28)31/h1,8-15,20,31H,16-19,21-22H2,2-6H3,(H,36,39). The Morgan fingerprint density at radius 2 is 1.55 bits per heavy atom. The Kier molecular flexibility index (Phi) is 8.29. The number of piperazine rings is 1. The molecule has 1 fully saturated rings. The second-order valence-electron chi connectivity index (χ2n) is 12.0. The van der Waals surface area contributed by atoms with E-state index in [4.69, 9.17) is 15.9 Å². The number of anilines is 1. The van der Waals surface area contributed by atoms with Crippen molar-refractivity contribution >= 4 is 17.9 Å². The third-order valence-electron chi connectivity index (χ3n) is 8.09. The van der Waals surface area contributed by atoms with Crippen molar-refractivity contribution in [3.8, 4) is 23.5 Å². The van der Waals surface area contributed by atoms with Gasteiger partial charge in [-0.2, -0.15) is 0 Å². The second-order valence-corrected chi connectivity index (χ2v) is 12.0. The number of fused-ring (bicyclic) bond motifs is 3. The SMILES string of the molecule is C#Cc1c(C)c(CN2CCN(C(=O)OCC3c4ccccc4-c4ccccc43)CC2)cc(NC(=O)OC(C)(C)C)c1C. The predicted molar refractivity (Wildman–Crippen MR) is 166 cm³/mol. The number of ether oxygens (including phenoxy) is 2. The highest BCUT2D eigenvalue weighted by Gasteiger charge is 2.30. The van der Waals surface area contributed by atoms with Gasteiger partial charge in [-0.15, -0.1) is 6.42 Å². The molecule has 1 aliphatic carbocycles. The quantitative estimate of drug-likeness (QED) is 0.349. The Labute approximate surface area is 248 Å². The van der Waals surface area contributed by atoms with Crippen LogP contribution in [0.2, 0.25) is 0 Å². The molecule has 2 amide bonds. The summed E-state index contributed by atoms with van der Waals surface area (Å²) in [7, 11) is 0. The summed E-state index contributed by atoms with van der Waals surface area (Å²) in [6.45, 7) is 12.9. The zero-order valence-electron chi connectivity index (χ0n) is 25.1. The summed E-state index contributed by atoms with van der Waals surface area (Å²) < 4.78 is 11.3. The molecule has 1 saturated heterocycles. The number of nitrogens with zero attached hydrogens (tertiary/aromatic N) is 2. The third kappa shape index (κ3) is 6.14. The molecule has 1 N–H and O–H groups in total. The Bertz CT molecular complexity index is 1500. The minimum Gasteiger partial charge on any atom is -0.448 e. The molecule has 0 atom stereocenters. The van der Waals surface area contributed by atoms with Gasteiger partial charge in [0.25, 0.3) is 0 Å². The van der Waals surface area contributed by atoms with Gasteiger partial charge in [-0.1, -0.05) is 54.5 Å². The highest BCUT2D eigenvalue weighted by molar-refractivity contribution is 5.87. The zero-order chi connectivity index (χ0) is 30.0. The normalized spacial score (nSPS) is 15.0. The fraction of sp³-hybridized carbons (Fsp3) is 0.371. The van der Waals surface area contributed by atoms with E-state index in [0.29, 0.717) is 45.0 Å². The number of hydrogen-bond acceptors (Lipinski definition) is 5. The molecule has 42 heavy (non-hydrogen) atoms. The summed E-state index contributed by atoms with van der Waals surface area (Å²) in [6, 6.07) is 18.7. The maximum Gasteiger partial charge on any atom is 0.412 e. The number of benzene rings is 3. The monoisotopic (exact) mass is 565 g/mol. The minimum atomic E-state index is -0.604. The molecule has 0 bridgehead atoms. The number of nitrogens with one attached hydrogen (secondary N) is 1. The van der Waals surface area contributed by atoms with E-state index >= 15 is 0 Å². The average molecular weight is 566 g/mol. The van der Waals surface area contributed by atoms with Crippen LogP contribution >= 0.6 is 0 Å². The van der Waals surface area contributed by atoms with Crippen LogP contribution in [0.4, 0.5) is 15.3 Å². The summed E-state index contributed by atoms with van der Waals surface area (Å²) in [5.74, 6) is 2.84. The molecule has 0 spiro atoms. The minimum absolute atomic E-state index is 0.0426. The summed E-state index contributed by atoms with van der Waals surface area (Å²) in [5.41, 5.74) is 8.55. The Balaban J connectivity index is 1.20. The van der Waals surface area contributed by atoms with Crippen LogP contribution < -0.4 is 5.32 Å². The lowest BCUT2D eigenvalue weighted by Crippen LogP contribution is -2.48. The molecule has 0 radical (unpaired) electrons. The van der Waals surface area contributed by atoms with Gasteiger partial charge in [0.2, 0.25) is 0 Å². The molecular weight excluding hydrogens is 526 g/mol. The Hall–Kier alpha value is -4.28. The molecule has 0 saturated carbocycles. The highest BCUT2D eigenvalue weighted by Crippen LogP contribution is 2.44. The fourth-order valence-electron chi connectivity index (χ4n) is 5.91. The van der Waals surface area contributed by atoms with Crippen LogP contribution in [0.15, 0.2) is 54.6 Å². The molecule has 218 valence electrons. The van der Waals surface area contributed by atoms with Gasteiger partial charge in [-0.05, 0) is 79.6 Å². The van der Waals surface area contributed by atoms with Gasteiger partial charge in [0.1, 0.15) is 12.2 Å². The molecule has 7 heteroatoms. The first-order valence-corrected chi connectivity index (χ1v) is 14.5. The number of hydrogen-bond donors (Lipinski definition) is 1. The van der Waals surface area contributed by atoms with Gasteiger partial charge in [0.05, 0.1) is 0 Å². The van der Waals surface area contributed by atoms with Crippen LogP contribution in [-0.4, -0.2) is 60.4 Å². The lowest BCUT2D eigenvalue weighted by atomic mass is 9.95. The van der Waals surface area contributed by atoms with E-state index in [1.807, 2.05) is 65.0 Å². The van der Waals surface area contributed by atoms with Gasteiger partial charge >= 0.3 is 12.2 Å². The molecule has 0 unspecified atom stereocenters. The molecule has 3 aromatic rings. The maximum atomic E-state index is 13.1. The first-order valence-electron chi connectivity index (χ1n) is 14.5. The predicted octanol–water partition coefficient (Wildman–Crippen LogP) is 6.70. The number of carbonyl (C=O) groups excluding carboxylic acids is 2. The van der Waals surface area contributed by atoms with Crippen molar-refractivity contribution in [1.82, 2.24) is 9.80 Å². The fourth-order valence-corrected chi connectivity index (χ4v) is 5.91. The van der Waals surface area contributed by atoms with E-state index in [1.165, 1.54) is 22.3 Å². The van der Waals surface area contributed by atoms with E-state index in [-0.39, 0.29) is 12.0 Å². The molecule has 3 aromatic carbocycles. The number of amides is 2. The summed E-state index contributed by atoms with van der Waals surface area (Å²) >= 11 is 0. The zero-order valence-corrected chi connectivity index (χ0v) is 25.1. The van der Waals surface area contributed by atoms with Crippen molar-refractivity contribution in [2.24, 2.45) is 0 Å². The third-order valence-corrected chi connectivity index (χ3v) is 8.09. The first-order chi connectivity index (χ1) is 20.1. The van der Waals surface area contributed by atoms with Crippen LogP contribution in [-0.2, 0) is 16.0 Å². The summed E-state index contributed by atoms with van der Waals surface area (Å²) in [5, 5.41) is 2.87. The van der Waals surface area contributed by atoms with Gasteiger partial charge in [-0.25, -0.2) is 9.59 Å². The number of carbonyl (C=O) groups is 2. The number of rotatable bonds is 5. The molecule has 5 rings (SSSR count). The molecule has 2 aliphatic rings. The highest BCUT2D eigenvalue weighted by atomic mass is 16.6. The Morgan fingerprint density at radius 1 is 0.952 bits per heavy atom. The van der Waals surface area contributed by atoms with Gasteiger partial charge in [0.15, 0.2) is 0 Å². The first kappa shape index (κ1) is 29.2. The van der Waals surface area contributed by atoms with E-state index in [0.717, 1.165) is 22.3 Å². The largest absolute Gasteiger partial charge is 0.448 e. The Morgan fingerprint density at radius 3 is 2.12 bits per heavy atom. The molecule has 1 heterocycles. The topological polar surface area (TPSA) is 71.1 Å². The van der Waals surface area contributed by atoms with Gasteiger partial charge in [0, 0.05) is 49.9 Å². The lowest BCUT2D eigenvalue weighted by Gasteiger charge is -2.34. The van der Waals surface area contributed by atoms with Crippen molar-refractivity contribution < 1.29 is 19.1 Å². The average Bonchev–Trinajstić information content (AvgIpc) is 3.27. The summed E-state index contributed by atoms with van der Waals surface area (Å²) in [6.07, 6.45) is 5.08. The van der Waals surface area contributed by atoms with Crippen LogP contribution in [0, 0.1) is 26.2 Å². The van der Waals surface area contributed by atoms with E-state index in [1.54, 1.807) is 4.90 Å². The van der Waals surface area contributed by atoms with Crippen LogP contribution in [0.5, 0.6) is 0 Å². The van der Waals surface area contributed by atoms with E-state index in [2.05, 4.69) is 40.4 Å². The molecule has 7 nitrogen and oxygen atoms in total. The van der Waals surface area contributed by atoms with E-state index < -0.39 is 11.7 Å². The van der Waals surface area contributed by atoms with Crippen LogP contribution in [0.1, 0.15) is 60.1 Å². The van der Waals surface area contributed by atoms with E-state index in [9.17, 15) is 9.59 Å². The van der Waals surface area contributed by atoms with Crippen LogP contribution in [0.3, 0.4) is 0 Å². The van der Waals surface area contributed by atoms with Crippen molar-refractivity contribution in [1.29, 1.82) is 0 Å². The van der Waals surface area contributed by atoms with Gasteiger partial charge in [-0.3, -0.25) is 10.2 Å². The van der Waals surface area contributed by atoms with Crippen LogP contribution in [0.25, 0.3) is 11.1 Å². The molecule has 1 aliphatic heterocycles. The smallest absolute Gasteiger partial charge is 0.412 e.